The molecule has 26 nitrogen and oxygen atoms in total. The second-order valence-corrected chi connectivity index (χ2v) is 24.4. The quantitative estimate of drug-likeness (QED) is 0.0805. The number of carbonyl (C=O) groups excluding carboxylic acids is 6. The third-order valence-electron chi connectivity index (χ3n) is 16.5. The number of fused-ring (bicyclic) bond motifs is 14. The normalized spacial score (nSPS) is 20.9. The maximum atomic E-state index is 16.0. The summed E-state index contributed by atoms with van der Waals surface area (Å²) in [5, 5.41) is 109. The van der Waals surface area contributed by atoms with Crippen molar-refractivity contribution >= 4 is 76.2 Å². The van der Waals surface area contributed by atoms with Crippen LogP contribution >= 0.6 is 34.8 Å². The van der Waals surface area contributed by atoms with E-state index in [0.29, 0.717) is 10.6 Å². The number of aliphatic hydroxyl groups excluding tert-OH is 1. The van der Waals surface area contributed by atoms with Gasteiger partial charge < -0.3 is 92.7 Å². The van der Waals surface area contributed by atoms with Crippen LogP contribution < -0.4 is 51.8 Å². The second-order valence-electron chi connectivity index (χ2n) is 23.2. The summed E-state index contributed by atoms with van der Waals surface area (Å²) in [7, 11) is 1.64. The molecule has 6 aliphatic heterocycles. The number of amides is 6. The number of benzene rings is 8. The van der Waals surface area contributed by atoms with Gasteiger partial charge in [-0.25, -0.2) is 4.79 Å². The topological polar surface area (TPSA) is 410 Å². The first-order valence-electron chi connectivity index (χ1n) is 29.2. The first kappa shape index (κ1) is 65.1. The molecule has 6 amide bonds. The molecule has 0 aliphatic carbocycles. The molecule has 17 bridgehead atoms. The number of aliphatic carboxylic acids is 1. The number of nitrogens with one attached hydrogen (secondary N) is 6. The lowest BCUT2D eigenvalue weighted by molar-refractivity contribution is -0.143. The van der Waals surface area contributed by atoms with Crippen LogP contribution in [-0.2, 0) is 53.1 Å². The van der Waals surface area contributed by atoms with E-state index in [9.17, 15) is 55.2 Å². The molecule has 0 unspecified atom stereocenters. The van der Waals surface area contributed by atoms with Gasteiger partial charge in [0.25, 0.3) is 0 Å². The zero-order chi connectivity index (χ0) is 68.3. The molecule has 8 atom stereocenters. The van der Waals surface area contributed by atoms with Crippen molar-refractivity contribution in [3.8, 4) is 80.1 Å². The van der Waals surface area contributed by atoms with Gasteiger partial charge in [0.2, 0.25) is 41.2 Å². The van der Waals surface area contributed by atoms with Gasteiger partial charge in [0.15, 0.2) is 29.0 Å². The van der Waals surface area contributed by atoms with Crippen molar-refractivity contribution in [3.63, 3.8) is 0 Å². The Hall–Kier alpha value is -11.0. The summed E-state index contributed by atoms with van der Waals surface area (Å²) in [5.74, 6) is -15.0. The molecule has 0 saturated carbocycles. The molecule has 8 aromatic rings. The highest BCUT2D eigenvalue weighted by Crippen LogP contribution is 2.49. The molecule has 96 heavy (non-hydrogen) atoms. The van der Waals surface area contributed by atoms with Crippen molar-refractivity contribution < 1.29 is 88.6 Å². The first-order valence-corrected chi connectivity index (χ1v) is 30.4. The number of hydrogen-bond acceptors (Lipinski definition) is 19. The summed E-state index contributed by atoms with van der Waals surface area (Å²) in [6.07, 6.45) is -2.51. The zero-order valence-electron chi connectivity index (χ0n) is 49.8. The highest BCUT2D eigenvalue weighted by molar-refractivity contribution is 6.32. The van der Waals surface area contributed by atoms with Crippen molar-refractivity contribution in [1.29, 1.82) is 0 Å². The molecular weight excluding hydrogens is 1310 g/mol. The Morgan fingerprint density at radius 1 is 0.531 bits per heavy atom. The van der Waals surface area contributed by atoms with Crippen LogP contribution in [0.4, 0.5) is 0 Å². The van der Waals surface area contributed by atoms with Crippen LogP contribution in [0.3, 0.4) is 0 Å². The number of nitrogens with zero attached hydrogens (tertiary/aromatic N) is 1. The molecule has 29 heteroatoms. The molecule has 0 spiro atoms. The number of ether oxygens (including phenoxy) is 3. The standard InChI is InChI=1S/C67H55Cl3N8O18/c1-78(25-27-2-8-34(68)9-3-27)26-39-45(82)24-38-51(59(39)84)37-18-30(6-10-43(37)80)53-63(88)77-57(66(91)76-56(38)67(92)93)58(83)31-7-13-47(41(70)19-31)96-50-22-33-21-49(60(50)85)95-46-12-4-28(14-40(46)69)15-42-61(86)73-54(64(89)75-55(33)65(90)74-53)32-16-35(79)23-36(17-32)94-48-20-29(5-11-44(48)81)52(71)62(87)72-42/h2-14,16-24,42,52-58,79-85H,15,25-26,71H2,1H3,(H,72,87)(H,73,86)(H,74,90)(H,75,89)(H,76,91)(H,77,88)(H,92,93)/t42-,52-,53-,54+,55-,56+,57+,58-/m1/s1. The number of phenolic OH excluding ortho intramolecular Hbond substituents is 6. The molecule has 16 N–H and O–H groups in total. The fraction of sp³-hybridized carbons (Fsp3) is 0.179. The summed E-state index contributed by atoms with van der Waals surface area (Å²) < 4.78 is 18.5. The Kier molecular flexibility index (Phi) is 17.7. The van der Waals surface area contributed by atoms with Gasteiger partial charge in [-0.3, -0.25) is 33.7 Å². The van der Waals surface area contributed by atoms with Gasteiger partial charge in [0, 0.05) is 47.3 Å². The number of carboxylic acids is 1. The number of carboxylic acid groups (broad SMARTS) is 1. The fourth-order valence-corrected chi connectivity index (χ4v) is 12.3. The average Bonchev–Trinajstić information content (AvgIpc) is 0.762. The minimum Gasteiger partial charge on any atom is -0.508 e. The third-order valence-corrected chi connectivity index (χ3v) is 17.4. The molecule has 6 aliphatic rings. The first-order chi connectivity index (χ1) is 45.7. The third kappa shape index (κ3) is 13.0. The largest absolute Gasteiger partial charge is 0.508 e. The van der Waals surface area contributed by atoms with E-state index in [2.05, 4.69) is 31.9 Å². The van der Waals surface area contributed by atoms with Gasteiger partial charge in [-0.2, -0.15) is 0 Å². The molecule has 0 aromatic heterocycles. The van der Waals surface area contributed by atoms with E-state index in [-0.39, 0.29) is 85.9 Å². The number of halogens is 3. The van der Waals surface area contributed by atoms with E-state index in [0.717, 1.165) is 60.2 Å². The van der Waals surface area contributed by atoms with Crippen molar-refractivity contribution in [2.45, 2.75) is 67.9 Å². The minimum absolute atomic E-state index is 0.114. The number of nitrogens with two attached hydrogens (primary N) is 1. The number of rotatable bonds is 5. The Balaban J connectivity index is 1.06. The van der Waals surface area contributed by atoms with E-state index in [4.69, 9.17) is 54.7 Å². The van der Waals surface area contributed by atoms with Gasteiger partial charge in [0.1, 0.15) is 82.6 Å². The van der Waals surface area contributed by atoms with Crippen molar-refractivity contribution in [2.24, 2.45) is 5.73 Å². The summed E-state index contributed by atoms with van der Waals surface area (Å²) >= 11 is 19.9. The maximum absolute atomic E-state index is 16.0. The van der Waals surface area contributed by atoms with Crippen LogP contribution in [0.15, 0.2) is 133 Å². The smallest absolute Gasteiger partial charge is 0.330 e. The Morgan fingerprint density at radius 3 is 1.79 bits per heavy atom. The minimum atomic E-state index is -2.24. The van der Waals surface area contributed by atoms with Crippen molar-refractivity contribution in [3.05, 3.63) is 199 Å². The molecule has 8 aromatic carbocycles. The van der Waals surface area contributed by atoms with Crippen LogP contribution in [0.2, 0.25) is 15.1 Å². The monoisotopic (exact) mass is 1360 g/mol. The zero-order valence-corrected chi connectivity index (χ0v) is 52.0. The molecular formula is C67H55Cl3N8O18. The fourth-order valence-electron chi connectivity index (χ4n) is 11.7. The van der Waals surface area contributed by atoms with Gasteiger partial charge in [0.05, 0.1) is 15.6 Å². The summed E-state index contributed by atoms with van der Waals surface area (Å²) in [6, 6.07) is 14.1. The molecule has 0 fully saturated rings. The number of aromatic hydroxyl groups is 6. The molecule has 6 heterocycles. The number of phenols is 6. The van der Waals surface area contributed by atoms with Gasteiger partial charge in [-0.1, -0.05) is 71.2 Å². The second kappa shape index (κ2) is 26.1. The number of hydrogen-bond donors (Lipinski definition) is 15. The van der Waals surface area contributed by atoms with Crippen molar-refractivity contribution in [2.75, 3.05) is 7.05 Å². The van der Waals surface area contributed by atoms with E-state index < -0.39 is 152 Å². The summed E-state index contributed by atoms with van der Waals surface area (Å²) in [6.45, 7) is -0.0295. The van der Waals surface area contributed by atoms with Crippen LogP contribution in [0.1, 0.15) is 86.4 Å². The molecule has 0 radical (unpaired) electrons. The lowest BCUT2D eigenvalue weighted by Gasteiger charge is -2.31. The number of carbonyl (C=O) groups is 7. The van der Waals surface area contributed by atoms with Crippen LogP contribution in [0, 0.1) is 0 Å². The maximum Gasteiger partial charge on any atom is 0.330 e. The average molecular weight is 1370 g/mol. The predicted molar refractivity (Wildman–Crippen MR) is 342 cm³/mol. The predicted octanol–water partition coefficient (Wildman–Crippen LogP) is 7.27. The Morgan fingerprint density at radius 2 is 1.12 bits per heavy atom. The van der Waals surface area contributed by atoms with Gasteiger partial charge in [-0.05, 0) is 137 Å². The van der Waals surface area contributed by atoms with E-state index in [1.165, 1.54) is 54.6 Å². The summed E-state index contributed by atoms with van der Waals surface area (Å²) in [5.41, 5.74) is 4.90. The van der Waals surface area contributed by atoms with E-state index >= 15 is 19.2 Å². The number of aliphatic hydroxyl groups is 1. The lowest BCUT2D eigenvalue weighted by atomic mass is 9.88. The van der Waals surface area contributed by atoms with Crippen LogP contribution in [-0.4, -0.2) is 106 Å². The molecule has 492 valence electrons. The lowest BCUT2D eigenvalue weighted by Crippen LogP contribution is -2.55. The SMILES string of the molecule is CN(Cc1ccc(Cl)cc1)Cc1c(O)cc2c(c1O)-c1cc(ccc1O)[C@H]1NC(=O)[C@@H]3NC(=O)[C@H]4NC(=O)[C@@H](Cc5ccc(c(Cl)c5)Oc5cc3cc(c5O)Oc3ccc(cc3Cl)[C@@H](O)[C@H](NC1=O)C(=O)N[C@@H]2C(=O)O)NC(=O)[C@H](N)c1ccc(O)c(c1)Oc1cc(O)cc4c1. The molecule has 0 saturated heterocycles. The van der Waals surface area contributed by atoms with Gasteiger partial charge >= 0.3 is 5.97 Å². The Bertz CT molecular complexity index is 4580. The highest BCUT2D eigenvalue weighted by Gasteiger charge is 2.42. The molecule has 14 rings (SSSR count). The van der Waals surface area contributed by atoms with Crippen LogP contribution in [0.5, 0.6) is 69.0 Å². The van der Waals surface area contributed by atoms with Crippen LogP contribution in [0.25, 0.3) is 11.1 Å². The summed E-state index contributed by atoms with van der Waals surface area (Å²) in [4.78, 5) is 106. The highest BCUT2D eigenvalue weighted by atomic mass is 35.5. The van der Waals surface area contributed by atoms with E-state index in [1.807, 2.05) is 0 Å². The Labute approximate surface area is 558 Å². The van der Waals surface area contributed by atoms with Gasteiger partial charge in [-0.15, -0.1) is 0 Å². The van der Waals surface area contributed by atoms with E-state index in [1.54, 1.807) is 36.2 Å². The van der Waals surface area contributed by atoms with Crippen molar-refractivity contribution in [1.82, 2.24) is 36.8 Å².